The van der Waals surface area contributed by atoms with Gasteiger partial charge in [-0.1, -0.05) is 0 Å². The van der Waals surface area contributed by atoms with Crippen LogP contribution in [0.5, 0.6) is 5.75 Å². The maximum absolute atomic E-state index is 12.3. The number of fused-ring (bicyclic) bond motifs is 2. The summed E-state index contributed by atoms with van der Waals surface area (Å²) < 4.78 is 0. The highest BCUT2D eigenvalue weighted by Crippen LogP contribution is 2.33. The largest absolute Gasteiger partial charge is 0.506 e. The van der Waals surface area contributed by atoms with Crippen LogP contribution in [0.1, 0.15) is 31.8 Å². The van der Waals surface area contributed by atoms with Gasteiger partial charge >= 0.3 is 0 Å². The number of nitrogens with two attached hydrogens (primary N) is 2. The number of benzene rings is 2. The molecule has 1 aliphatic carbocycles. The van der Waals surface area contributed by atoms with Gasteiger partial charge < -0.3 is 16.6 Å². The van der Waals surface area contributed by atoms with E-state index in [1.54, 1.807) is 6.07 Å². The number of hydrogen-bond acceptors (Lipinski definition) is 5. The maximum atomic E-state index is 12.3. The van der Waals surface area contributed by atoms with E-state index in [0.29, 0.717) is 11.3 Å². The second kappa shape index (κ2) is 3.58. The summed E-state index contributed by atoms with van der Waals surface area (Å²) in [4.78, 5) is 24.6. The Labute approximate surface area is 108 Å². The van der Waals surface area contributed by atoms with Crippen molar-refractivity contribution in [1.29, 1.82) is 0 Å². The molecule has 0 aromatic heterocycles. The number of nitrogen functional groups attached to an aromatic ring is 2. The highest BCUT2D eigenvalue weighted by molar-refractivity contribution is 6.29. The summed E-state index contributed by atoms with van der Waals surface area (Å²) in [5, 5.41) is 9.57. The van der Waals surface area contributed by atoms with Crippen LogP contribution in [-0.4, -0.2) is 16.7 Å². The van der Waals surface area contributed by atoms with E-state index < -0.39 is 0 Å². The van der Waals surface area contributed by atoms with Gasteiger partial charge in [0.2, 0.25) is 0 Å². The van der Waals surface area contributed by atoms with E-state index in [1.165, 1.54) is 24.3 Å². The first kappa shape index (κ1) is 11.3. The Morgan fingerprint density at radius 3 is 2.11 bits per heavy atom. The summed E-state index contributed by atoms with van der Waals surface area (Å²) in [5.41, 5.74) is 12.6. The van der Waals surface area contributed by atoms with Crippen molar-refractivity contribution in [3.8, 4) is 5.75 Å². The zero-order valence-corrected chi connectivity index (χ0v) is 9.81. The van der Waals surface area contributed by atoms with Gasteiger partial charge in [0.25, 0.3) is 0 Å². The number of phenolic OH excluding ortho intramolecular Hbond substituents is 1. The normalized spacial score (nSPS) is 13.1. The fourth-order valence-electron chi connectivity index (χ4n) is 2.22. The van der Waals surface area contributed by atoms with Gasteiger partial charge in [-0.15, -0.1) is 0 Å². The smallest absolute Gasteiger partial charge is 0.194 e. The Balaban J connectivity index is 2.32. The summed E-state index contributed by atoms with van der Waals surface area (Å²) >= 11 is 0. The lowest BCUT2D eigenvalue weighted by molar-refractivity contribution is 0.0979. The molecular formula is C14H10N2O3. The Hall–Kier alpha value is -2.82. The lowest BCUT2D eigenvalue weighted by Gasteiger charge is -2.18. The van der Waals surface area contributed by atoms with Crippen LogP contribution in [0.4, 0.5) is 11.4 Å². The number of anilines is 2. The van der Waals surface area contributed by atoms with Crippen LogP contribution < -0.4 is 11.5 Å². The van der Waals surface area contributed by atoms with Gasteiger partial charge in [-0.2, -0.15) is 0 Å². The minimum absolute atomic E-state index is 0.0683. The van der Waals surface area contributed by atoms with Crippen LogP contribution >= 0.6 is 0 Å². The van der Waals surface area contributed by atoms with Crippen LogP contribution in [0.3, 0.4) is 0 Å². The van der Waals surface area contributed by atoms with Crippen molar-refractivity contribution in [2.24, 2.45) is 0 Å². The van der Waals surface area contributed by atoms with E-state index >= 15 is 0 Å². The zero-order chi connectivity index (χ0) is 13.7. The lowest BCUT2D eigenvalue weighted by Crippen LogP contribution is -2.21. The van der Waals surface area contributed by atoms with Crippen LogP contribution in [0, 0.1) is 0 Å². The van der Waals surface area contributed by atoms with Crippen molar-refractivity contribution in [1.82, 2.24) is 0 Å². The molecule has 19 heavy (non-hydrogen) atoms. The van der Waals surface area contributed by atoms with Crippen LogP contribution in [0.15, 0.2) is 30.3 Å². The standard InChI is InChI=1S/C14H10N2O3/c15-6-1-2-7-8(3-6)14(19)10-5-12(17)11(16)4-9(10)13(7)18/h1-5,17H,15-16H2. The van der Waals surface area contributed by atoms with Crippen molar-refractivity contribution >= 4 is 22.9 Å². The molecule has 1 aliphatic rings. The number of aromatic hydroxyl groups is 1. The molecule has 5 N–H and O–H groups in total. The summed E-state index contributed by atoms with van der Waals surface area (Å²) in [6.07, 6.45) is 0. The van der Waals surface area contributed by atoms with Crippen molar-refractivity contribution in [3.63, 3.8) is 0 Å². The van der Waals surface area contributed by atoms with Gasteiger partial charge in [-0.05, 0) is 30.3 Å². The van der Waals surface area contributed by atoms with E-state index in [-0.39, 0.29) is 39.7 Å². The van der Waals surface area contributed by atoms with Gasteiger partial charge in [-0.3, -0.25) is 9.59 Å². The maximum Gasteiger partial charge on any atom is 0.194 e. The molecule has 0 heterocycles. The SMILES string of the molecule is Nc1ccc2c(c1)C(=O)c1cc(O)c(N)cc1C2=O. The number of hydrogen-bond donors (Lipinski definition) is 3. The van der Waals surface area contributed by atoms with Crippen LogP contribution in [-0.2, 0) is 0 Å². The molecule has 0 radical (unpaired) electrons. The number of ketones is 2. The summed E-state index contributed by atoms with van der Waals surface area (Å²) in [6, 6.07) is 7.10. The highest BCUT2D eigenvalue weighted by atomic mass is 16.3. The minimum Gasteiger partial charge on any atom is -0.506 e. The highest BCUT2D eigenvalue weighted by Gasteiger charge is 2.30. The predicted octanol–water partition coefficient (Wildman–Crippen LogP) is 1.33. The molecule has 2 aromatic carbocycles. The van der Waals surface area contributed by atoms with Crippen LogP contribution in [0.25, 0.3) is 0 Å². The first-order chi connectivity index (χ1) is 8.99. The molecule has 2 aromatic rings. The third-order valence-corrected chi connectivity index (χ3v) is 3.19. The molecule has 0 bridgehead atoms. The average Bonchev–Trinajstić information content (AvgIpc) is 2.38. The van der Waals surface area contributed by atoms with E-state index in [0.717, 1.165) is 0 Å². The minimum atomic E-state index is -0.341. The first-order valence-electron chi connectivity index (χ1n) is 5.60. The van der Waals surface area contributed by atoms with E-state index in [1.807, 2.05) is 0 Å². The molecular weight excluding hydrogens is 244 g/mol. The third-order valence-electron chi connectivity index (χ3n) is 3.19. The Morgan fingerprint density at radius 2 is 1.37 bits per heavy atom. The van der Waals surface area contributed by atoms with Gasteiger partial charge in [0.1, 0.15) is 5.75 Å². The number of carbonyl (C=O) groups is 2. The summed E-state index contributed by atoms with van der Waals surface area (Å²) in [7, 11) is 0. The molecule has 5 nitrogen and oxygen atoms in total. The second-order valence-electron chi connectivity index (χ2n) is 4.42. The van der Waals surface area contributed by atoms with Crippen molar-refractivity contribution in [3.05, 3.63) is 52.6 Å². The molecule has 0 fully saturated rings. The molecule has 0 unspecified atom stereocenters. The Bertz CT molecular complexity index is 751. The van der Waals surface area contributed by atoms with E-state index in [9.17, 15) is 14.7 Å². The number of carbonyl (C=O) groups excluding carboxylic acids is 2. The fraction of sp³-hybridized carbons (Fsp3) is 0. The van der Waals surface area contributed by atoms with Gasteiger partial charge in [-0.25, -0.2) is 0 Å². The molecule has 0 atom stereocenters. The molecule has 3 rings (SSSR count). The first-order valence-corrected chi connectivity index (χ1v) is 5.60. The van der Waals surface area contributed by atoms with Gasteiger partial charge in [0.05, 0.1) is 5.69 Å². The van der Waals surface area contributed by atoms with E-state index in [4.69, 9.17) is 11.5 Å². The summed E-state index contributed by atoms with van der Waals surface area (Å²) in [5.74, 6) is -0.851. The van der Waals surface area contributed by atoms with Crippen molar-refractivity contribution in [2.45, 2.75) is 0 Å². The average molecular weight is 254 g/mol. The monoisotopic (exact) mass is 254 g/mol. The third kappa shape index (κ3) is 1.48. The van der Waals surface area contributed by atoms with Gasteiger partial charge in [0, 0.05) is 27.9 Å². The number of phenols is 1. The zero-order valence-electron chi connectivity index (χ0n) is 9.81. The number of rotatable bonds is 0. The molecule has 0 aliphatic heterocycles. The van der Waals surface area contributed by atoms with Crippen LogP contribution in [0.2, 0.25) is 0 Å². The molecule has 94 valence electrons. The quantitative estimate of drug-likeness (QED) is 0.414. The fourth-order valence-corrected chi connectivity index (χ4v) is 2.22. The molecule has 0 amide bonds. The van der Waals surface area contributed by atoms with Crippen molar-refractivity contribution in [2.75, 3.05) is 11.5 Å². The van der Waals surface area contributed by atoms with Gasteiger partial charge in [0.15, 0.2) is 11.6 Å². The second-order valence-corrected chi connectivity index (χ2v) is 4.42. The Kier molecular flexibility index (Phi) is 2.13. The summed E-state index contributed by atoms with van der Waals surface area (Å²) in [6.45, 7) is 0. The van der Waals surface area contributed by atoms with Crippen molar-refractivity contribution < 1.29 is 14.7 Å². The Morgan fingerprint density at radius 1 is 0.789 bits per heavy atom. The molecule has 0 saturated heterocycles. The van der Waals surface area contributed by atoms with E-state index in [2.05, 4.69) is 0 Å². The molecule has 5 heteroatoms. The molecule has 0 spiro atoms. The lowest BCUT2D eigenvalue weighted by atomic mass is 9.83. The predicted molar refractivity (Wildman–Crippen MR) is 70.2 cm³/mol. The topological polar surface area (TPSA) is 106 Å². The molecule has 0 saturated carbocycles.